The molecule has 7 heteroatoms. The highest BCUT2D eigenvalue weighted by molar-refractivity contribution is 7.89. The van der Waals surface area contributed by atoms with Crippen molar-refractivity contribution >= 4 is 21.6 Å². The Hall–Kier alpha value is -2.69. The molecule has 26 heavy (non-hydrogen) atoms. The Balaban J connectivity index is 1.59. The van der Waals surface area contributed by atoms with Crippen LogP contribution in [-0.4, -0.2) is 31.7 Å². The Morgan fingerprint density at radius 1 is 1.04 bits per heavy atom. The molecule has 3 rings (SSSR count). The van der Waals surface area contributed by atoms with Crippen molar-refractivity contribution in [3.05, 3.63) is 60.2 Å². The lowest BCUT2D eigenvalue weighted by atomic mass is 9.97. The van der Waals surface area contributed by atoms with Crippen LogP contribution in [0.5, 0.6) is 0 Å². The van der Waals surface area contributed by atoms with Crippen LogP contribution in [0.1, 0.15) is 18.4 Å². The van der Waals surface area contributed by atoms with E-state index in [2.05, 4.69) is 5.32 Å². The second-order valence-electron chi connectivity index (χ2n) is 6.17. The summed E-state index contributed by atoms with van der Waals surface area (Å²) >= 11 is 0. The van der Waals surface area contributed by atoms with Crippen molar-refractivity contribution in [2.24, 2.45) is 5.92 Å². The summed E-state index contributed by atoms with van der Waals surface area (Å²) in [5.41, 5.74) is 1.16. The Morgan fingerprint density at radius 2 is 1.65 bits per heavy atom. The summed E-state index contributed by atoms with van der Waals surface area (Å²) in [6.07, 6.45) is 0.961. The summed E-state index contributed by atoms with van der Waals surface area (Å²) in [7, 11) is -3.51. The molecule has 0 saturated carbocycles. The average Bonchev–Trinajstić information content (AvgIpc) is 2.69. The molecule has 2 aromatic rings. The van der Waals surface area contributed by atoms with Gasteiger partial charge in [0, 0.05) is 24.7 Å². The third kappa shape index (κ3) is 3.93. The van der Waals surface area contributed by atoms with Gasteiger partial charge in [-0.25, -0.2) is 8.42 Å². The van der Waals surface area contributed by atoms with Gasteiger partial charge in [0.15, 0.2) is 0 Å². The maximum atomic E-state index is 12.6. The van der Waals surface area contributed by atoms with E-state index in [1.807, 2.05) is 6.07 Å². The maximum Gasteiger partial charge on any atom is 0.243 e. The van der Waals surface area contributed by atoms with E-state index >= 15 is 0 Å². The molecule has 1 saturated heterocycles. The Kier molecular flexibility index (Phi) is 5.35. The van der Waals surface area contributed by atoms with Crippen LogP contribution in [0, 0.1) is 17.2 Å². The quantitative estimate of drug-likeness (QED) is 0.897. The molecule has 0 unspecified atom stereocenters. The molecule has 6 nitrogen and oxygen atoms in total. The highest BCUT2D eigenvalue weighted by atomic mass is 32.2. The van der Waals surface area contributed by atoms with Crippen molar-refractivity contribution in [3.8, 4) is 6.07 Å². The Morgan fingerprint density at radius 3 is 2.23 bits per heavy atom. The predicted molar refractivity (Wildman–Crippen MR) is 97.7 cm³/mol. The first-order valence-electron chi connectivity index (χ1n) is 8.37. The van der Waals surface area contributed by atoms with Crippen molar-refractivity contribution < 1.29 is 13.2 Å². The fourth-order valence-electron chi connectivity index (χ4n) is 2.97. The van der Waals surface area contributed by atoms with Crippen LogP contribution in [0.25, 0.3) is 0 Å². The van der Waals surface area contributed by atoms with Gasteiger partial charge < -0.3 is 5.32 Å². The number of benzene rings is 2. The minimum Gasteiger partial charge on any atom is -0.326 e. The highest BCUT2D eigenvalue weighted by Gasteiger charge is 2.31. The van der Waals surface area contributed by atoms with Gasteiger partial charge in [0.1, 0.15) is 0 Å². The van der Waals surface area contributed by atoms with Gasteiger partial charge in [-0.3, -0.25) is 4.79 Å². The molecule has 1 aliphatic heterocycles. The average molecular weight is 369 g/mol. The molecule has 2 aromatic carbocycles. The lowest BCUT2D eigenvalue weighted by Crippen LogP contribution is -2.41. The van der Waals surface area contributed by atoms with Crippen LogP contribution in [-0.2, 0) is 14.8 Å². The normalized spacial score (nSPS) is 16.0. The fourth-order valence-corrected chi connectivity index (χ4v) is 4.46. The first-order valence-corrected chi connectivity index (χ1v) is 9.81. The lowest BCUT2D eigenvalue weighted by molar-refractivity contribution is -0.120. The van der Waals surface area contributed by atoms with Crippen molar-refractivity contribution in [1.29, 1.82) is 5.26 Å². The van der Waals surface area contributed by atoms with Crippen LogP contribution >= 0.6 is 0 Å². The molecule has 0 atom stereocenters. The predicted octanol–water partition coefficient (Wildman–Crippen LogP) is 2.60. The van der Waals surface area contributed by atoms with Crippen LogP contribution in [0.15, 0.2) is 59.5 Å². The van der Waals surface area contributed by atoms with Gasteiger partial charge in [0.05, 0.1) is 16.5 Å². The Labute approximate surface area is 153 Å². The van der Waals surface area contributed by atoms with Crippen LogP contribution in [0.4, 0.5) is 5.69 Å². The SMILES string of the molecule is N#Cc1ccc(NC(=O)C2CCN(S(=O)(=O)c3ccccc3)CC2)cc1. The minimum absolute atomic E-state index is 0.119. The van der Waals surface area contributed by atoms with Crippen molar-refractivity contribution in [2.45, 2.75) is 17.7 Å². The van der Waals surface area contributed by atoms with Gasteiger partial charge in [-0.2, -0.15) is 9.57 Å². The van der Waals surface area contributed by atoms with Crippen molar-refractivity contribution in [2.75, 3.05) is 18.4 Å². The van der Waals surface area contributed by atoms with Gasteiger partial charge in [-0.15, -0.1) is 0 Å². The van der Waals surface area contributed by atoms with Crippen molar-refractivity contribution in [1.82, 2.24) is 4.31 Å². The van der Waals surface area contributed by atoms with E-state index in [0.29, 0.717) is 37.2 Å². The van der Waals surface area contributed by atoms with E-state index in [9.17, 15) is 13.2 Å². The van der Waals surface area contributed by atoms with E-state index in [0.717, 1.165) is 0 Å². The number of anilines is 1. The summed E-state index contributed by atoms with van der Waals surface area (Å²) < 4.78 is 26.7. The molecule has 0 aromatic heterocycles. The second-order valence-corrected chi connectivity index (χ2v) is 8.11. The van der Waals surface area contributed by atoms with Crippen LogP contribution in [0.3, 0.4) is 0 Å². The molecule has 1 aliphatic rings. The molecule has 134 valence electrons. The van der Waals surface area contributed by atoms with Crippen molar-refractivity contribution in [3.63, 3.8) is 0 Å². The Bertz CT molecular complexity index is 911. The number of sulfonamides is 1. The molecule has 0 bridgehead atoms. The smallest absolute Gasteiger partial charge is 0.243 e. The van der Waals surface area contributed by atoms with E-state index in [1.165, 1.54) is 4.31 Å². The van der Waals surface area contributed by atoms with E-state index in [4.69, 9.17) is 5.26 Å². The zero-order chi connectivity index (χ0) is 18.6. The number of nitriles is 1. The molecule has 0 aliphatic carbocycles. The van der Waals surface area contributed by atoms with Gasteiger partial charge >= 0.3 is 0 Å². The largest absolute Gasteiger partial charge is 0.326 e. The zero-order valence-electron chi connectivity index (χ0n) is 14.1. The molecule has 1 amide bonds. The summed E-state index contributed by atoms with van der Waals surface area (Å²) in [5, 5.41) is 11.6. The minimum atomic E-state index is -3.51. The van der Waals surface area contributed by atoms with Crippen LogP contribution < -0.4 is 5.32 Å². The van der Waals surface area contributed by atoms with E-state index < -0.39 is 10.0 Å². The van der Waals surface area contributed by atoms with E-state index in [-0.39, 0.29) is 16.7 Å². The van der Waals surface area contributed by atoms with Gasteiger partial charge in [0.2, 0.25) is 15.9 Å². The van der Waals surface area contributed by atoms with Gasteiger partial charge in [-0.1, -0.05) is 18.2 Å². The third-order valence-electron chi connectivity index (χ3n) is 4.49. The number of rotatable bonds is 4. The summed E-state index contributed by atoms with van der Waals surface area (Å²) in [5.74, 6) is -0.348. The molecular weight excluding hydrogens is 350 g/mol. The van der Waals surface area contributed by atoms with Gasteiger partial charge in [-0.05, 0) is 49.2 Å². The summed E-state index contributed by atoms with van der Waals surface area (Å²) in [6.45, 7) is 0.644. The first-order chi connectivity index (χ1) is 12.5. The number of hydrogen-bond acceptors (Lipinski definition) is 4. The lowest BCUT2D eigenvalue weighted by Gasteiger charge is -2.30. The molecule has 1 N–H and O–H groups in total. The molecule has 1 fully saturated rings. The first kappa shape index (κ1) is 18.1. The highest BCUT2D eigenvalue weighted by Crippen LogP contribution is 2.24. The topological polar surface area (TPSA) is 90.3 Å². The second kappa shape index (κ2) is 7.68. The number of carbonyl (C=O) groups excluding carboxylic acids is 1. The third-order valence-corrected chi connectivity index (χ3v) is 6.40. The maximum absolute atomic E-state index is 12.6. The molecule has 0 spiro atoms. The number of nitrogens with zero attached hydrogens (tertiary/aromatic N) is 2. The standard InChI is InChI=1S/C19H19N3O3S/c20-14-15-6-8-17(9-7-15)21-19(23)16-10-12-22(13-11-16)26(24,25)18-4-2-1-3-5-18/h1-9,16H,10-13H2,(H,21,23). The van der Waals surface area contributed by atoms with Gasteiger partial charge in [0.25, 0.3) is 0 Å². The fraction of sp³-hybridized carbons (Fsp3) is 0.263. The summed E-state index contributed by atoms with van der Waals surface area (Å²) in [4.78, 5) is 12.7. The summed E-state index contributed by atoms with van der Waals surface area (Å²) in [6, 6.07) is 17.0. The number of hydrogen-bond donors (Lipinski definition) is 1. The number of nitrogens with one attached hydrogen (secondary N) is 1. The number of amides is 1. The molecular formula is C19H19N3O3S. The zero-order valence-corrected chi connectivity index (χ0v) is 14.9. The van der Waals surface area contributed by atoms with Crippen LogP contribution in [0.2, 0.25) is 0 Å². The molecule has 0 radical (unpaired) electrons. The van der Waals surface area contributed by atoms with E-state index in [1.54, 1.807) is 54.6 Å². The number of carbonyl (C=O) groups is 1. The monoisotopic (exact) mass is 369 g/mol. The molecule has 1 heterocycles. The number of piperidine rings is 1.